The summed E-state index contributed by atoms with van der Waals surface area (Å²) in [4.78, 5) is 14.0. The second-order valence-electron chi connectivity index (χ2n) is 7.06. The van der Waals surface area contributed by atoms with E-state index >= 15 is 0 Å². The number of rotatable bonds is 8. The molecule has 0 atom stereocenters. The normalized spacial score (nSPS) is 15.0. The number of benzene rings is 1. The van der Waals surface area contributed by atoms with E-state index in [0.717, 1.165) is 18.7 Å². The molecule has 0 radical (unpaired) electrons. The molecule has 7 nitrogen and oxygen atoms in total. The van der Waals surface area contributed by atoms with Gasteiger partial charge < -0.3 is 4.57 Å². The third kappa shape index (κ3) is 4.51. The summed E-state index contributed by atoms with van der Waals surface area (Å²) in [6, 6.07) is 10.3. The largest absolute Gasteiger partial charge is 0.309 e. The van der Waals surface area contributed by atoms with Crippen LogP contribution in [0.1, 0.15) is 33.9 Å². The van der Waals surface area contributed by atoms with Gasteiger partial charge in [0.25, 0.3) is 0 Å². The van der Waals surface area contributed by atoms with Crippen molar-refractivity contribution in [1.82, 2.24) is 19.1 Å². The Morgan fingerprint density at radius 3 is 2.53 bits per heavy atom. The monoisotopic (exact) mass is 462 g/mol. The van der Waals surface area contributed by atoms with E-state index in [-0.39, 0.29) is 16.4 Å². The van der Waals surface area contributed by atoms with Gasteiger partial charge in [-0.05, 0) is 36.4 Å². The maximum atomic E-state index is 12.6. The number of ketones is 1. The van der Waals surface area contributed by atoms with Crippen molar-refractivity contribution in [2.75, 3.05) is 18.8 Å². The molecule has 1 aromatic carbocycles. The number of carbonyl (C=O) groups excluding carboxylic acids is 1. The number of carbonyl (C=O) groups is 1. The maximum absolute atomic E-state index is 12.6. The van der Waals surface area contributed by atoms with E-state index in [1.807, 2.05) is 23.1 Å². The zero-order valence-corrected chi connectivity index (χ0v) is 19.0. The number of nitrogens with zero attached hydrogens (tertiary/aromatic N) is 4. The average molecular weight is 463 g/mol. The van der Waals surface area contributed by atoms with Crippen molar-refractivity contribution in [2.45, 2.75) is 29.3 Å². The van der Waals surface area contributed by atoms with Gasteiger partial charge in [-0.15, -0.1) is 21.5 Å². The second kappa shape index (κ2) is 9.01. The number of sulfonamides is 1. The van der Waals surface area contributed by atoms with Crippen LogP contribution >= 0.6 is 23.1 Å². The standard InChI is InChI=1S/C20H22N4O3S3/c1-23-19(13-16-5-4-12-28-16)21-22-20(23)29-14-18(25)15-6-8-17(9-7-15)30(26,27)24-10-2-3-11-24/h4-9,12H,2-3,10-11,13-14H2,1H3. The molecular weight excluding hydrogens is 440 g/mol. The molecule has 1 aliphatic rings. The van der Waals surface area contributed by atoms with Gasteiger partial charge in [0.05, 0.1) is 10.6 Å². The zero-order valence-electron chi connectivity index (χ0n) is 16.5. The SMILES string of the molecule is Cn1c(Cc2cccs2)nnc1SCC(=O)c1ccc(S(=O)(=O)N2CCCC2)cc1. The number of thioether (sulfide) groups is 1. The lowest BCUT2D eigenvalue weighted by Gasteiger charge is -2.15. The highest BCUT2D eigenvalue weighted by Crippen LogP contribution is 2.23. The van der Waals surface area contributed by atoms with Crippen molar-refractivity contribution < 1.29 is 13.2 Å². The van der Waals surface area contributed by atoms with Gasteiger partial charge in [-0.3, -0.25) is 4.79 Å². The fourth-order valence-corrected chi connectivity index (χ4v) is 6.34. The van der Waals surface area contributed by atoms with Crippen LogP contribution in [-0.2, 0) is 23.5 Å². The first-order valence-corrected chi connectivity index (χ1v) is 12.9. The topological polar surface area (TPSA) is 85.2 Å². The lowest BCUT2D eigenvalue weighted by Crippen LogP contribution is -2.27. The molecule has 1 fully saturated rings. The Morgan fingerprint density at radius 2 is 1.87 bits per heavy atom. The minimum absolute atomic E-state index is 0.0760. The number of aromatic nitrogens is 3. The average Bonchev–Trinajstić information content (AvgIpc) is 3.51. The van der Waals surface area contributed by atoms with Crippen LogP contribution in [0.3, 0.4) is 0 Å². The van der Waals surface area contributed by atoms with Crippen LogP contribution in [0.15, 0.2) is 51.8 Å². The number of hydrogen-bond acceptors (Lipinski definition) is 7. The molecule has 1 saturated heterocycles. The molecule has 2 aromatic heterocycles. The molecule has 4 rings (SSSR count). The van der Waals surface area contributed by atoms with E-state index in [2.05, 4.69) is 16.3 Å². The van der Waals surface area contributed by atoms with Gasteiger partial charge in [0, 0.05) is 37.0 Å². The van der Waals surface area contributed by atoms with Gasteiger partial charge in [0.15, 0.2) is 10.9 Å². The molecule has 1 aliphatic heterocycles. The maximum Gasteiger partial charge on any atom is 0.243 e. The second-order valence-corrected chi connectivity index (χ2v) is 11.0. The van der Waals surface area contributed by atoms with E-state index in [9.17, 15) is 13.2 Å². The molecule has 0 saturated carbocycles. The van der Waals surface area contributed by atoms with Gasteiger partial charge in [-0.25, -0.2) is 8.42 Å². The van der Waals surface area contributed by atoms with Gasteiger partial charge in [0.1, 0.15) is 5.82 Å². The number of Topliss-reactive ketones (excluding diaryl/α,β-unsaturated/α-hetero) is 1. The molecule has 3 heterocycles. The molecule has 0 bridgehead atoms. The minimum atomic E-state index is -3.46. The van der Waals surface area contributed by atoms with Gasteiger partial charge in [0.2, 0.25) is 10.0 Å². The van der Waals surface area contributed by atoms with Crippen LogP contribution in [0.2, 0.25) is 0 Å². The molecule has 30 heavy (non-hydrogen) atoms. The van der Waals surface area contributed by atoms with Gasteiger partial charge in [-0.1, -0.05) is 30.0 Å². The third-order valence-electron chi connectivity index (χ3n) is 5.05. The van der Waals surface area contributed by atoms with E-state index in [0.29, 0.717) is 30.2 Å². The molecule has 10 heteroatoms. The summed E-state index contributed by atoms with van der Waals surface area (Å²) in [6.07, 6.45) is 2.50. The van der Waals surface area contributed by atoms with E-state index in [4.69, 9.17) is 0 Å². The Hall–Kier alpha value is -2.01. The zero-order chi connectivity index (χ0) is 21.1. The van der Waals surface area contributed by atoms with Crippen LogP contribution in [0.25, 0.3) is 0 Å². The highest BCUT2D eigenvalue weighted by atomic mass is 32.2. The highest BCUT2D eigenvalue weighted by molar-refractivity contribution is 7.99. The van der Waals surface area contributed by atoms with Crippen LogP contribution in [0.5, 0.6) is 0 Å². The van der Waals surface area contributed by atoms with Crippen molar-refractivity contribution >= 4 is 38.9 Å². The van der Waals surface area contributed by atoms with Crippen LogP contribution in [0.4, 0.5) is 0 Å². The number of thiophene rings is 1. The van der Waals surface area contributed by atoms with E-state index in [1.54, 1.807) is 23.5 Å². The van der Waals surface area contributed by atoms with Gasteiger partial charge in [-0.2, -0.15) is 4.31 Å². The Kier molecular flexibility index (Phi) is 6.37. The first kappa shape index (κ1) is 21.2. The van der Waals surface area contributed by atoms with Crippen LogP contribution < -0.4 is 0 Å². The first-order chi connectivity index (χ1) is 14.4. The Balaban J connectivity index is 1.38. The lowest BCUT2D eigenvalue weighted by atomic mass is 10.1. The van der Waals surface area contributed by atoms with Gasteiger partial charge >= 0.3 is 0 Å². The van der Waals surface area contributed by atoms with Crippen LogP contribution in [-0.4, -0.2) is 52.1 Å². The summed E-state index contributed by atoms with van der Waals surface area (Å²) >= 11 is 3.00. The summed E-state index contributed by atoms with van der Waals surface area (Å²) in [7, 11) is -1.57. The molecule has 0 unspecified atom stereocenters. The predicted octanol–water partition coefficient (Wildman–Crippen LogP) is 3.23. The Labute approximate surface area is 184 Å². The molecule has 0 amide bonds. The van der Waals surface area contributed by atoms with Crippen LogP contribution in [0, 0.1) is 0 Å². The summed E-state index contributed by atoms with van der Waals surface area (Å²) in [5, 5.41) is 11.1. The molecule has 0 aliphatic carbocycles. The summed E-state index contributed by atoms with van der Waals surface area (Å²) < 4.78 is 28.6. The molecule has 3 aromatic rings. The van der Waals surface area contributed by atoms with Crippen molar-refractivity contribution in [3.63, 3.8) is 0 Å². The highest BCUT2D eigenvalue weighted by Gasteiger charge is 2.27. The number of hydrogen-bond donors (Lipinski definition) is 0. The summed E-state index contributed by atoms with van der Waals surface area (Å²) in [5.41, 5.74) is 0.490. The van der Waals surface area contributed by atoms with Crippen molar-refractivity contribution in [3.05, 3.63) is 58.0 Å². The fraction of sp³-hybridized carbons (Fsp3) is 0.350. The van der Waals surface area contributed by atoms with Crippen molar-refractivity contribution in [1.29, 1.82) is 0 Å². The summed E-state index contributed by atoms with van der Waals surface area (Å²) in [6.45, 7) is 1.12. The third-order valence-corrected chi connectivity index (χ3v) is 8.86. The lowest BCUT2D eigenvalue weighted by molar-refractivity contribution is 0.102. The summed E-state index contributed by atoms with van der Waals surface area (Å²) in [5.74, 6) is 0.986. The molecule has 158 valence electrons. The Bertz CT molecular complexity index is 1120. The Morgan fingerprint density at radius 1 is 1.13 bits per heavy atom. The molecular formula is C20H22N4O3S3. The molecule has 0 N–H and O–H groups in total. The predicted molar refractivity (Wildman–Crippen MR) is 118 cm³/mol. The van der Waals surface area contributed by atoms with E-state index in [1.165, 1.54) is 33.1 Å². The van der Waals surface area contributed by atoms with Crippen molar-refractivity contribution in [2.24, 2.45) is 7.05 Å². The van der Waals surface area contributed by atoms with E-state index < -0.39 is 10.0 Å². The molecule has 0 spiro atoms. The van der Waals surface area contributed by atoms with Crippen molar-refractivity contribution in [3.8, 4) is 0 Å². The smallest absolute Gasteiger partial charge is 0.243 e. The first-order valence-electron chi connectivity index (χ1n) is 9.62. The quantitative estimate of drug-likeness (QED) is 0.377. The minimum Gasteiger partial charge on any atom is -0.309 e. The fourth-order valence-electron chi connectivity index (χ4n) is 3.30.